The van der Waals surface area contributed by atoms with Crippen LogP contribution in [-0.2, 0) is 6.54 Å². The van der Waals surface area contributed by atoms with Gasteiger partial charge in [0.05, 0.1) is 18.5 Å². The molecule has 0 bridgehead atoms. The van der Waals surface area contributed by atoms with E-state index in [0.717, 1.165) is 48.5 Å². The second-order valence-electron chi connectivity index (χ2n) is 8.37. The molecular formula is C27H30N4O3. The van der Waals surface area contributed by atoms with Gasteiger partial charge in [-0.2, -0.15) is 0 Å². The Morgan fingerprint density at radius 3 is 2.41 bits per heavy atom. The van der Waals surface area contributed by atoms with Crippen molar-refractivity contribution in [2.45, 2.75) is 26.3 Å². The summed E-state index contributed by atoms with van der Waals surface area (Å²) in [6, 6.07) is 20.3. The van der Waals surface area contributed by atoms with Crippen LogP contribution in [0.15, 0.2) is 66.7 Å². The van der Waals surface area contributed by atoms with Crippen LogP contribution in [0.1, 0.15) is 34.3 Å². The number of nitrogens with zero attached hydrogens (tertiary/aromatic N) is 1. The van der Waals surface area contributed by atoms with Gasteiger partial charge in [-0.3, -0.25) is 4.79 Å². The minimum atomic E-state index is -0.351. The number of urea groups is 1. The van der Waals surface area contributed by atoms with Crippen molar-refractivity contribution in [2.24, 2.45) is 0 Å². The number of nitrogens with one attached hydrogen (secondary N) is 3. The average Bonchev–Trinajstić information content (AvgIpc) is 3.39. The lowest BCUT2D eigenvalue weighted by atomic mass is 10.1. The van der Waals surface area contributed by atoms with Crippen LogP contribution in [0.2, 0.25) is 0 Å². The van der Waals surface area contributed by atoms with Gasteiger partial charge in [-0.05, 0) is 56.2 Å². The van der Waals surface area contributed by atoms with Crippen molar-refractivity contribution in [2.75, 3.05) is 35.7 Å². The fourth-order valence-electron chi connectivity index (χ4n) is 4.06. The fraction of sp³-hybridized carbons (Fsp3) is 0.259. The van der Waals surface area contributed by atoms with E-state index in [1.54, 1.807) is 19.2 Å². The van der Waals surface area contributed by atoms with Gasteiger partial charge in [0.15, 0.2) is 0 Å². The van der Waals surface area contributed by atoms with Crippen molar-refractivity contribution in [1.29, 1.82) is 0 Å². The minimum Gasteiger partial charge on any atom is -0.496 e. The van der Waals surface area contributed by atoms with Crippen LogP contribution < -0.4 is 25.6 Å². The Kier molecular flexibility index (Phi) is 7.32. The Morgan fingerprint density at radius 1 is 0.941 bits per heavy atom. The van der Waals surface area contributed by atoms with E-state index in [1.807, 2.05) is 61.5 Å². The summed E-state index contributed by atoms with van der Waals surface area (Å²) in [5, 5.41) is 8.75. The van der Waals surface area contributed by atoms with Gasteiger partial charge in [-0.15, -0.1) is 0 Å². The summed E-state index contributed by atoms with van der Waals surface area (Å²) >= 11 is 0. The molecule has 7 heteroatoms. The van der Waals surface area contributed by atoms with E-state index in [1.165, 1.54) is 0 Å². The molecule has 34 heavy (non-hydrogen) atoms. The Hall–Kier alpha value is -4.00. The third-order valence-electron chi connectivity index (χ3n) is 5.90. The third-order valence-corrected chi connectivity index (χ3v) is 5.90. The number of carbonyl (C=O) groups is 2. The maximum absolute atomic E-state index is 12.9. The van der Waals surface area contributed by atoms with Gasteiger partial charge in [-0.25, -0.2) is 4.79 Å². The van der Waals surface area contributed by atoms with E-state index in [4.69, 9.17) is 4.74 Å². The zero-order valence-electron chi connectivity index (χ0n) is 19.6. The molecular weight excluding hydrogens is 428 g/mol. The first kappa shape index (κ1) is 23.2. The van der Waals surface area contributed by atoms with Crippen LogP contribution in [0.5, 0.6) is 5.75 Å². The number of ether oxygens (including phenoxy) is 1. The van der Waals surface area contributed by atoms with E-state index in [2.05, 4.69) is 20.9 Å². The first-order valence-corrected chi connectivity index (χ1v) is 11.5. The first-order chi connectivity index (χ1) is 16.5. The normalized spacial score (nSPS) is 12.8. The number of benzene rings is 3. The summed E-state index contributed by atoms with van der Waals surface area (Å²) in [6.07, 6.45) is 2.21. The van der Waals surface area contributed by atoms with Crippen molar-refractivity contribution >= 4 is 29.0 Å². The summed E-state index contributed by atoms with van der Waals surface area (Å²) < 4.78 is 5.36. The number of methoxy groups -OCH3 is 1. The van der Waals surface area contributed by atoms with E-state index in [9.17, 15) is 9.59 Å². The molecule has 1 aliphatic rings. The van der Waals surface area contributed by atoms with Gasteiger partial charge < -0.3 is 25.6 Å². The summed E-state index contributed by atoms with van der Waals surface area (Å²) in [6.45, 7) is 4.19. The number of rotatable bonds is 7. The molecule has 3 amide bonds. The molecule has 3 aromatic carbocycles. The highest BCUT2D eigenvalue weighted by Gasteiger charge is 2.19. The molecule has 7 nitrogen and oxygen atoms in total. The Labute approximate surface area is 200 Å². The standard InChI is InChI=1S/C27H30N4O3/c1-19-9-12-22(13-10-19)29-27(33)30-23-17-20(11-14-24(23)31-15-5-6-16-31)26(32)28-18-21-7-3-4-8-25(21)34-2/h3-4,7-14,17H,5-6,15-16,18H2,1-2H3,(H,28,32)(H2,29,30,33). The summed E-state index contributed by atoms with van der Waals surface area (Å²) in [7, 11) is 1.61. The zero-order valence-corrected chi connectivity index (χ0v) is 19.6. The quantitative estimate of drug-likeness (QED) is 0.456. The van der Waals surface area contributed by atoms with Crippen LogP contribution in [-0.4, -0.2) is 32.1 Å². The van der Waals surface area contributed by atoms with Crippen LogP contribution in [0, 0.1) is 6.92 Å². The predicted molar refractivity (Wildman–Crippen MR) is 136 cm³/mol. The SMILES string of the molecule is COc1ccccc1CNC(=O)c1ccc(N2CCCC2)c(NC(=O)Nc2ccc(C)cc2)c1. The third kappa shape index (κ3) is 5.67. The molecule has 0 unspecified atom stereocenters. The van der Waals surface area contributed by atoms with E-state index in [-0.39, 0.29) is 11.9 Å². The van der Waals surface area contributed by atoms with E-state index in [0.29, 0.717) is 23.5 Å². The molecule has 1 heterocycles. The lowest BCUT2D eigenvalue weighted by Crippen LogP contribution is -2.26. The molecule has 1 saturated heterocycles. The average molecular weight is 459 g/mol. The monoisotopic (exact) mass is 458 g/mol. The molecule has 0 aliphatic carbocycles. The molecule has 1 fully saturated rings. The lowest BCUT2D eigenvalue weighted by molar-refractivity contribution is 0.0950. The first-order valence-electron chi connectivity index (χ1n) is 11.5. The van der Waals surface area contributed by atoms with Gasteiger partial charge in [0.1, 0.15) is 5.75 Å². The molecule has 3 N–H and O–H groups in total. The van der Waals surface area contributed by atoms with Crippen LogP contribution in [0.4, 0.5) is 21.9 Å². The summed E-state index contributed by atoms with van der Waals surface area (Å²) in [5.74, 6) is 0.503. The topological polar surface area (TPSA) is 82.7 Å². The number of anilines is 3. The summed E-state index contributed by atoms with van der Waals surface area (Å²) in [5.41, 5.74) is 4.71. The number of amides is 3. The van der Waals surface area contributed by atoms with Crippen LogP contribution >= 0.6 is 0 Å². The van der Waals surface area contributed by atoms with Crippen molar-refractivity contribution in [3.63, 3.8) is 0 Å². The molecule has 4 rings (SSSR count). The van der Waals surface area contributed by atoms with E-state index < -0.39 is 0 Å². The van der Waals surface area contributed by atoms with Crippen molar-refractivity contribution in [3.05, 3.63) is 83.4 Å². The zero-order chi connectivity index (χ0) is 23.9. The Morgan fingerprint density at radius 2 is 1.68 bits per heavy atom. The molecule has 0 radical (unpaired) electrons. The molecule has 0 saturated carbocycles. The van der Waals surface area contributed by atoms with E-state index >= 15 is 0 Å². The maximum Gasteiger partial charge on any atom is 0.323 e. The summed E-state index contributed by atoms with van der Waals surface area (Å²) in [4.78, 5) is 27.9. The largest absolute Gasteiger partial charge is 0.496 e. The van der Waals surface area contributed by atoms with Crippen molar-refractivity contribution in [3.8, 4) is 5.75 Å². The second-order valence-corrected chi connectivity index (χ2v) is 8.37. The predicted octanol–water partition coefficient (Wildman–Crippen LogP) is 5.18. The number of hydrogen-bond donors (Lipinski definition) is 3. The van der Waals surface area contributed by atoms with Gasteiger partial charge in [0, 0.05) is 36.4 Å². The van der Waals surface area contributed by atoms with Crippen molar-refractivity contribution in [1.82, 2.24) is 5.32 Å². The highest BCUT2D eigenvalue weighted by molar-refractivity contribution is 6.04. The lowest BCUT2D eigenvalue weighted by Gasteiger charge is -2.22. The van der Waals surface area contributed by atoms with Gasteiger partial charge in [0.2, 0.25) is 0 Å². The minimum absolute atomic E-state index is 0.221. The number of hydrogen-bond acceptors (Lipinski definition) is 4. The Bertz CT molecular complexity index is 1150. The molecule has 0 atom stereocenters. The van der Waals surface area contributed by atoms with Gasteiger partial charge in [-0.1, -0.05) is 35.9 Å². The van der Waals surface area contributed by atoms with Gasteiger partial charge in [0.25, 0.3) is 5.91 Å². The molecule has 0 spiro atoms. The molecule has 176 valence electrons. The van der Waals surface area contributed by atoms with Crippen LogP contribution in [0.3, 0.4) is 0 Å². The molecule has 0 aromatic heterocycles. The van der Waals surface area contributed by atoms with Gasteiger partial charge >= 0.3 is 6.03 Å². The number of para-hydroxylation sites is 1. The van der Waals surface area contributed by atoms with Crippen molar-refractivity contribution < 1.29 is 14.3 Å². The highest BCUT2D eigenvalue weighted by Crippen LogP contribution is 2.30. The number of aryl methyl sites for hydroxylation is 1. The van der Waals surface area contributed by atoms with Crippen LogP contribution in [0.25, 0.3) is 0 Å². The molecule has 3 aromatic rings. The highest BCUT2D eigenvalue weighted by atomic mass is 16.5. The Balaban J connectivity index is 1.51. The fourth-order valence-corrected chi connectivity index (χ4v) is 4.06. The number of carbonyl (C=O) groups excluding carboxylic acids is 2. The smallest absolute Gasteiger partial charge is 0.323 e. The maximum atomic E-state index is 12.9. The second kappa shape index (κ2) is 10.7. The molecule has 1 aliphatic heterocycles.